The van der Waals surface area contributed by atoms with Crippen molar-refractivity contribution < 1.29 is 9.59 Å². The third kappa shape index (κ3) is 6.07. The second-order valence-corrected chi connectivity index (χ2v) is 9.31. The molecular weight excluding hydrogens is 464 g/mol. The van der Waals surface area contributed by atoms with Crippen molar-refractivity contribution in [2.75, 3.05) is 10.6 Å². The van der Waals surface area contributed by atoms with E-state index in [-0.39, 0.29) is 11.8 Å². The molecule has 0 heterocycles. The maximum Gasteiger partial charge on any atom is 0.255 e. The van der Waals surface area contributed by atoms with Crippen LogP contribution in [0.1, 0.15) is 26.7 Å². The van der Waals surface area contributed by atoms with E-state index >= 15 is 0 Å². The average Bonchev–Trinajstić information content (AvgIpc) is 2.84. The number of aryl methyl sites for hydroxylation is 1. The molecule has 0 spiro atoms. The van der Waals surface area contributed by atoms with Gasteiger partial charge in [0.15, 0.2) is 0 Å². The lowest BCUT2D eigenvalue weighted by Crippen LogP contribution is -2.19. The van der Waals surface area contributed by atoms with Crippen LogP contribution in [0.3, 0.4) is 0 Å². The molecule has 1 unspecified atom stereocenters. The number of para-hydroxylation sites is 1. The molecule has 6 heteroatoms. The lowest BCUT2D eigenvalue weighted by Gasteiger charge is -2.18. The van der Waals surface area contributed by atoms with Gasteiger partial charge in [-0.3, -0.25) is 9.59 Å². The van der Waals surface area contributed by atoms with Crippen LogP contribution in [0.25, 0.3) is 0 Å². The van der Waals surface area contributed by atoms with Crippen LogP contribution in [0.2, 0.25) is 5.02 Å². The number of halogens is 1. The Morgan fingerprint density at radius 2 is 1.53 bits per heavy atom. The largest absolute Gasteiger partial charge is 0.323 e. The second kappa shape index (κ2) is 11.1. The van der Waals surface area contributed by atoms with Gasteiger partial charge in [-0.1, -0.05) is 77.8 Å². The van der Waals surface area contributed by atoms with Crippen molar-refractivity contribution in [1.82, 2.24) is 0 Å². The quantitative estimate of drug-likeness (QED) is 0.268. The van der Waals surface area contributed by atoms with Crippen LogP contribution in [-0.2, 0) is 4.79 Å². The summed E-state index contributed by atoms with van der Waals surface area (Å²) in [4.78, 5) is 26.8. The second-order valence-electron chi connectivity index (χ2n) is 7.73. The minimum atomic E-state index is -0.514. The summed E-state index contributed by atoms with van der Waals surface area (Å²) in [5.74, 6) is -0.361. The van der Waals surface area contributed by atoms with Crippen LogP contribution in [0.15, 0.2) is 108 Å². The first kappa shape index (κ1) is 23.6. The highest BCUT2D eigenvalue weighted by Gasteiger charge is 2.23. The Hall–Kier alpha value is -3.54. The topological polar surface area (TPSA) is 58.2 Å². The summed E-state index contributed by atoms with van der Waals surface area (Å²) in [6.45, 7) is 1.95. The number of carbonyl (C=O) groups is 2. The summed E-state index contributed by atoms with van der Waals surface area (Å²) in [5.41, 5.74) is 3.71. The highest BCUT2D eigenvalue weighted by molar-refractivity contribution is 8.00. The van der Waals surface area contributed by atoms with Crippen molar-refractivity contribution in [2.45, 2.75) is 17.1 Å². The lowest BCUT2D eigenvalue weighted by molar-refractivity contribution is -0.115. The number of carbonyl (C=O) groups excluding carboxylic acids is 2. The molecule has 4 aromatic carbocycles. The molecule has 34 heavy (non-hydrogen) atoms. The molecule has 0 aliphatic rings. The number of amides is 2. The van der Waals surface area contributed by atoms with E-state index in [2.05, 4.69) is 10.6 Å². The molecule has 0 aromatic heterocycles. The van der Waals surface area contributed by atoms with Crippen molar-refractivity contribution in [3.63, 3.8) is 0 Å². The van der Waals surface area contributed by atoms with Gasteiger partial charge in [0.1, 0.15) is 5.25 Å². The molecular formula is C28H23ClN2O2S. The molecule has 4 nitrogen and oxygen atoms in total. The Morgan fingerprint density at radius 1 is 0.794 bits per heavy atom. The Bertz CT molecular complexity index is 1310. The monoisotopic (exact) mass is 486 g/mol. The van der Waals surface area contributed by atoms with Gasteiger partial charge in [0, 0.05) is 16.1 Å². The maximum absolute atomic E-state index is 13.3. The highest BCUT2D eigenvalue weighted by Crippen LogP contribution is 2.37. The molecule has 0 saturated carbocycles. The van der Waals surface area contributed by atoms with Crippen LogP contribution in [0.5, 0.6) is 0 Å². The van der Waals surface area contributed by atoms with Crippen LogP contribution in [0, 0.1) is 6.92 Å². The summed E-state index contributed by atoms with van der Waals surface area (Å²) >= 11 is 7.66. The lowest BCUT2D eigenvalue weighted by atomic mass is 10.1. The minimum absolute atomic E-state index is 0.179. The highest BCUT2D eigenvalue weighted by atomic mass is 35.5. The Labute approximate surface area is 208 Å². The third-order valence-electron chi connectivity index (χ3n) is 5.10. The molecule has 0 aliphatic carbocycles. The SMILES string of the molecule is Cc1cccc(C(=O)Nc2cccc(SC(C(=O)Nc3ccccc3Cl)c3ccccc3)c2)c1. The molecule has 0 fully saturated rings. The van der Waals surface area contributed by atoms with Gasteiger partial charge in [-0.25, -0.2) is 0 Å². The van der Waals surface area contributed by atoms with E-state index in [9.17, 15) is 9.59 Å². The van der Waals surface area contributed by atoms with Gasteiger partial charge in [-0.15, -0.1) is 11.8 Å². The average molecular weight is 487 g/mol. The van der Waals surface area contributed by atoms with Gasteiger partial charge in [0.2, 0.25) is 5.91 Å². The standard InChI is InChI=1S/C28H23ClN2O2S/c1-19-9-7-12-21(17-19)27(32)30-22-13-8-14-23(18-22)34-26(20-10-3-2-4-11-20)28(33)31-25-16-6-5-15-24(25)29/h2-18,26H,1H3,(H,30,32)(H,31,33). The smallest absolute Gasteiger partial charge is 0.255 e. The van der Waals surface area contributed by atoms with Gasteiger partial charge in [0.25, 0.3) is 5.91 Å². The Morgan fingerprint density at radius 3 is 2.29 bits per heavy atom. The number of thioether (sulfide) groups is 1. The number of hydrogen-bond acceptors (Lipinski definition) is 3. The van der Waals surface area contributed by atoms with Crippen molar-refractivity contribution >= 4 is 46.6 Å². The fourth-order valence-electron chi connectivity index (χ4n) is 3.43. The van der Waals surface area contributed by atoms with E-state index in [1.165, 1.54) is 11.8 Å². The minimum Gasteiger partial charge on any atom is -0.323 e. The molecule has 2 N–H and O–H groups in total. The summed E-state index contributed by atoms with van der Waals surface area (Å²) in [5, 5.41) is 5.85. The van der Waals surface area contributed by atoms with E-state index in [0.29, 0.717) is 22.0 Å². The van der Waals surface area contributed by atoms with Crippen LogP contribution < -0.4 is 10.6 Å². The zero-order chi connectivity index (χ0) is 23.9. The van der Waals surface area contributed by atoms with Crippen molar-refractivity contribution in [3.8, 4) is 0 Å². The molecule has 170 valence electrons. The Balaban J connectivity index is 1.55. The zero-order valence-corrected chi connectivity index (χ0v) is 20.1. The van der Waals surface area contributed by atoms with Gasteiger partial charge in [0.05, 0.1) is 10.7 Å². The molecule has 0 aliphatic heterocycles. The Kier molecular flexibility index (Phi) is 7.68. The van der Waals surface area contributed by atoms with E-state index in [1.54, 1.807) is 18.2 Å². The third-order valence-corrected chi connectivity index (χ3v) is 6.68. The van der Waals surface area contributed by atoms with E-state index in [4.69, 9.17) is 11.6 Å². The summed E-state index contributed by atoms with van der Waals surface area (Å²) in [7, 11) is 0. The van der Waals surface area contributed by atoms with Crippen molar-refractivity contribution in [1.29, 1.82) is 0 Å². The number of benzene rings is 4. The molecule has 2 amide bonds. The molecule has 4 rings (SSSR count). The van der Waals surface area contributed by atoms with E-state index in [0.717, 1.165) is 16.0 Å². The molecule has 0 radical (unpaired) electrons. The van der Waals surface area contributed by atoms with Gasteiger partial charge in [-0.2, -0.15) is 0 Å². The fraction of sp³-hybridized carbons (Fsp3) is 0.0714. The maximum atomic E-state index is 13.3. The van der Waals surface area contributed by atoms with Crippen molar-refractivity contribution in [2.24, 2.45) is 0 Å². The van der Waals surface area contributed by atoms with Gasteiger partial charge in [-0.05, 0) is 55.0 Å². The predicted octanol–water partition coefficient (Wildman–Crippen LogP) is 7.37. The number of nitrogens with one attached hydrogen (secondary N) is 2. The van der Waals surface area contributed by atoms with Crippen LogP contribution >= 0.6 is 23.4 Å². The first-order valence-electron chi connectivity index (χ1n) is 10.7. The van der Waals surface area contributed by atoms with Crippen molar-refractivity contribution in [3.05, 3.63) is 125 Å². The summed E-state index contributed by atoms with van der Waals surface area (Å²) in [6, 6.07) is 31.7. The van der Waals surface area contributed by atoms with Crippen LogP contribution in [-0.4, -0.2) is 11.8 Å². The fourth-order valence-corrected chi connectivity index (χ4v) is 4.70. The van der Waals surface area contributed by atoms with Gasteiger partial charge < -0.3 is 10.6 Å². The number of anilines is 2. The first-order chi connectivity index (χ1) is 16.5. The number of rotatable bonds is 7. The normalized spacial score (nSPS) is 11.5. The number of hydrogen-bond donors (Lipinski definition) is 2. The summed E-state index contributed by atoms with van der Waals surface area (Å²) < 4.78 is 0. The molecule has 0 bridgehead atoms. The molecule has 0 saturated heterocycles. The zero-order valence-electron chi connectivity index (χ0n) is 18.5. The van der Waals surface area contributed by atoms with E-state index in [1.807, 2.05) is 91.9 Å². The molecule has 1 atom stereocenters. The van der Waals surface area contributed by atoms with Gasteiger partial charge >= 0.3 is 0 Å². The summed E-state index contributed by atoms with van der Waals surface area (Å²) in [6.07, 6.45) is 0. The first-order valence-corrected chi connectivity index (χ1v) is 12.0. The predicted molar refractivity (Wildman–Crippen MR) is 141 cm³/mol. The van der Waals surface area contributed by atoms with E-state index < -0.39 is 5.25 Å². The van der Waals surface area contributed by atoms with Crippen LogP contribution in [0.4, 0.5) is 11.4 Å². The molecule has 4 aromatic rings.